The van der Waals surface area contributed by atoms with Gasteiger partial charge in [0.05, 0.1) is 5.71 Å². The summed E-state index contributed by atoms with van der Waals surface area (Å²) < 4.78 is 2.38. The van der Waals surface area contributed by atoms with Gasteiger partial charge in [0.1, 0.15) is 0 Å². The molecule has 0 aliphatic heterocycles. The predicted molar refractivity (Wildman–Crippen MR) is 149 cm³/mol. The van der Waals surface area contributed by atoms with Gasteiger partial charge in [-0.3, -0.25) is 0 Å². The van der Waals surface area contributed by atoms with Crippen LogP contribution in [-0.2, 0) is 22.6 Å². The lowest BCUT2D eigenvalue weighted by Gasteiger charge is -2.11. The Morgan fingerprint density at radius 1 is 1.00 bits per heavy atom. The Balaban J connectivity index is 1.55. The highest BCUT2D eigenvalue weighted by Gasteiger charge is 2.18. The second-order valence-electron chi connectivity index (χ2n) is 10.2. The van der Waals surface area contributed by atoms with Gasteiger partial charge in [-0.2, -0.15) is 0 Å². The maximum Gasteiger partial charge on any atom is 0.331 e. The Bertz CT molecular complexity index is 1420. The summed E-state index contributed by atoms with van der Waals surface area (Å²) in [6.45, 7) is 6.70. The van der Waals surface area contributed by atoms with Crippen LogP contribution in [-0.4, -0.2) is 16.2 Å². The molecule has 4 aromatic rings. The van der Waals surface area contributed by atoms with Crippen LogP contribution >= 0.6 is 0 Å². The standard InChI is InChI=1S/C32H36N2O2/c1-4-34-31-17-14-25(19-26-12-8-5-9-22(26)2)20-28(31)29-21-27(15-18-32(29)34)30(33-36-23(3)35)16-13-24-10-6-7-11-24/h5,8-9,12,14-15,17-18,20-21,24H,4,6-7,10-11,13,16,19H2,1-3H3. The first kappa shape index (κ1) is 24.3. The van der Waals surface area contributed by atoms with Gasteiger partial charge >= 0.3 is 5.97 Å². The van der Waals surface area contributed by atoms with E-state index in [-0.39, 0.29) is 5.97 Å². The molecule has 36 heavy (non-hydrogen) atoms. The fourth-order valence-electron chi connectivity index (χ4n) is 5.81. The fraction of sp³-hybridized carbons (Fsp3) is 0.375. The van der Waals surface area contributed by atoms with Crippen molar-refractivity contribution in [2.75, 3.05) is 0 Å². The van der Waals surface area contributed by atoms with Gasteiger partial charge < -0.3 is 9.40 Å². The predicted octanol–water partition coefficient (Wildman–Crippen LogP) is 7.95. The van der Waals surface area contributed by atoms with Crippen molar-refractivity contribution in [2.24, 2.45) is 11.1 Å². The van der Waals surface area contributed by atoms with Gasteiger partial charge in [0.2, 0.25) is 0 Å². The summed E-state index contributed by atoms with van der Waals surface area (Å²) in [5.74, 6) is 0.375. The third kappa shape index (κ3) is 5.09. The summed E-state index contributed by atoms with van der Waals surface area (Å²) in [5, 5.41) is 6.81. The van der Waals surface area contributed by atoms with E-state index < -0.39 is 0 Å². The van der Waals surface area contributed by atoms with Gasteiger partial charge in [0.25, 0.3) is 0 Å². The van der Waals surface area contributed by atoms with Crippen molar-refractivity contribution in [3.05, 3.63) is 82.9 Å². The van der Waals surface area contributed by atoms with Crippen LogP contribution < -0.4 is 0 Å². The number of carbonyl (C=O) groups excluding carboxylic acids is 1. The van der Waals surface area contributed by atoms with Crippen LogP contribution in [0.25, 0.3) is 21.8 Å². The molecule has 1 fully saturated rings. The topological polar surface area (TPSA) is 43.6 Å². The lowest BCUT2D eigenvalue weighted by atomic mass is 9.96. The monoisotopic (exact) mass is 480 g/mol. The van der Waals surface area contributed by atoms with Crippen molar-refractivity contribution in [2.45, 2.75) is 72.3 Å². The highest BCUT2D eigenvalue weighted by Crippen LogP contribution is 2.33. The Kier molecular flexibility index (Phi) is 7.22. The Hall–Kier alpha value is -3.40. The van der Waals surface area contributed by atoms with Crippen LogP contribution in [0.4, 0.5) is 0 Å². The smallest absolute Gasteiger partial charge is 0.331 e. The van der Waals surface area contributed by atoms with Crippen LogP contribution in [0.3, 0.4) is 0 Å². The van der Waals surface area contributed by atoms with Gasteiger partial charge in [-0.1, -0.05) is 67.2 Å². The lowest BCUT2D eigenvalue weighted by Crippen LogP contribution is -2.07. The second-order valence-corrected chi connectivity index (χ2v) is 10.2. The van der Waals surface area contributed by atoms with E-state index in [0.717, 1.165) is 43.0 Å². The molecule has 0 amide bonds. The van der Waals surface area contributed by atoms with E-state index in [1.807, 2.05) is 0 Å². The first-order chi connectivity index (χ1) is 17.5. The fourth-order valence-corrected chi connectivity index (χ4v) is 5.81. The number of oxime groups is 1. The Labute approximate surface area is 213 Å². The number of benzene rings is 3. The van der Waals surface area contributed by atoms with E-state index in [1.165, 1.54) is 71.1 Å². The molecule has 0 spiro atoms. The molecular weight excluding hydrogens is 444 g/mol. The van der Waals surface area contributed by atoms with Gasteiger partial charge in [-0.05, 0) is 80.0 Å². The Morgan fingerprint density at radius 3 is 2.44 bits per heavy atom. The summed E-state index contributed by atoms with van der Waals surface area (Å²) in [5.41, 5.74) is 8.39. The molecule has 0 atom stereocenters. The normalized spacial score (nSPS) is 14.7. The minimum Gasteiger partial charge on any atom is -0.341 e. The van der Waals surface area contributed by atoms with Gasteiger partial charge in [0.15, 0.2) is 0 Å². The molecule has 0 saturated heterocycles. The SMILES string of the molecule is CCn1c2ccc(Cc3ccccc3C)cc2c2cc(C(CCC3CCCC3)=NOC(C)=O)ccc21. The van der Waals surface area contributed by atoms with E-state index in [0.29, 0.717) is 0 Å². The maximum absolute atomic E-state index is 11.5. The molecule has 0 unspecified atom stereocenters. The largest absolute Gasteiger partial charge is 0.341 e. The van der Waals surface area contributed by atoms with E-state index >= 15 is 0 Å². The number of fused-ring (bicyclic) bond motifs is 3. The van der Waals surface area contributed by atoms with Crippen LogP contribution in [0.5, 0.6) is 0 Å². The van der Waals surface area contributed by atoms with Crippen molar-refractivity contribution < 1.29 is 9.63 Å². The van der Waals surface area contributed by atoms with Gasteiger partial charge in [-0.15, -0.1) is 0 Å². The van der Waals surface area contributed by atoms with Crippen LogP contribution in [0.15, 0.2) is 65.8 Å². The molecule has 0 radical (unpaired) electrons. The third-order valence-electron chi connectivity index (χ3n) is 7.78. The molecule has 1 heterocycles. The lowest BCUT2D eigenvalue weighted by molar-refractivity contribution is -0.140. The van der Waals surface area contributed by atoms with Crippen molar-refractivity contribution >= 4 is 33.5 Å². The molecule has 4 heteroatoms. The zero-order valence-corrected chi connectivity index (χ0v) is 21.7. The molecule has 4 nitrogen and oxygen atoms in total. The zero-order chi connectivity index (χ0) is 25.1. The minimum atomic E-state index is -0.377. The molecule has 1 aliphatic rings. The molecular formula is C32H36N2O2. The molecule has 1 aromatic heterocycles. The first-order valence-electron chi connectivity index (χ1n) is 13.4. The van der Waals surface area contributed by atoms with Crippen molar-refractivity contribution in [1.82, 2.24) is 4.57 Å². The average Bonchev–Trinajstić information content (AvgIpc) is 3.51. The van der Waals surface area contributed by atoms with E-state index in [2.05, 4.69) is 84.2 Å². The number of rotatable bonds is 8. The summed E-state index contributed by atoms with van der Waals surface area (Å²) in [4.78, 5) is 16.7. The summed E-state index contributed by atoms with van der Waals surface area (Å²) in [6, 6.07) is 22.1. The highest BCUT2D eigenvalue weighted by atomic mass is 16.7. The van der Waals surface area contributed by atoms with Crippen LogP contribution in [0, 0.1) is 12.8 Å². The number of aromatic nitrogens is 1. The maximum atomic E-state index is 11.5. The average molecular weight is 481 g/mol. The van der Waals surface area contributed by atoms with Crippen LogP contribution in [0.1, 0.15) is 74.6 Å². The quantitative estimate of drug-likeness (QED) is 0.146. The number of hydrogen-bond donors (Lipinski definition) is 0. The summed E-state index contributed by atoms with van der Waals surface area (Å²) in [7, 11) is 0. The Morgan fingerprint density at radius 2 is 1.72 bits per heavy atom. The minimum absolute atomic E-state index is 0.377. The number of carbonyl (C=O) groups is 1. The number of nitrogens with zero attached hydrogens (tertiary/aromatic N) is 2. The molecule has 1 saturated carbocycles. The first-order valence-corrected chi connectivity index (χ1v) is 13.4. The highest BCUT2D eigenvalue weighted by molar-refractivity contribution is 6.12. The van der Waals surface area contributed by atoms with Crippen molar-refractivity contribution in [3.8, 4) is 0 Å². The van der Waals surface area contributed by atoms with E-state index in [1.54, 1.807) is 0 Å². The number of aryl methyl sites for hydroxylation is 2. The zero-order valence-electron chi connectivity index (χ0n) is 21.7. The molecule has 1 aliphatic carbocycles. The molecule has 5 rings (SSSR count). The van der Waals surface area contributed by atoms with E-state index in [4.69, 9.17) is 4.84 Å². The van der Waals surface area contributed by atoms with Gasteiger partial charge in [0, 0.05) is 40.8 Å². The molecule has 0 N–H and O–H groups in total. The second kappa shape index (κ2) is 10.7. The van der Waals surface area contributed by atoms with Crippen LogP contribution in [0.2, 0.25) is 0 Å². The van der Waals surface area contributed by atoms with Gasteiger partial charge in [-0.25, -0.2) is 4.79 Å². The molecule has 3 aromatic carbocycles. The number of hydrogen-bond acceptors (Lipinski definition) is 3. The van der Waals surface area contributed by atoms with E-state index in [9.17, 15) is 4.79 Å². The molecule has 0 bridgehead atoms. The summed E-state index contributed by atoms with van der Waals surface area (Å²) >= 11 is 0. The molecule has 186 valence electrons. The third-order valence-corrected chi connectivity index (χ3v) is 7.78. The van der Waals surface area contributed by atoms with Crippen molar-refractivity contribution in [1.29, 1.82) is 0 Å². The van der Waals surface area contributed by atoms with Crippen molar-refractivity contribution in [3.63, 3.8) is 0 Å². The summed E-state index contributed by atoms with van der Waals surface area (Å²) in [6.07, 6.45) is 8.09.